The zero-order valence-electron chi connectivity index (χ0n) is 59.4. The summed E-state index contributed by atoms with van der Waals surface area (Å²) < 4.78 is 28.9. The van der Waals surface area contributed by atoms with Crippen molar-refractivity contribution in [2.45, 2.75) is 131 Å². The van der Waals surface area contributed by atoms with Crippen LogP contribution in [0.4, 0.5) is 31.4 Å². The lowest BCUT2D eigenvalue weighted by Crippen LogP contribution is -2.34. The van der Waals surface area contributed by atoms with Crippen LogP contribution in [0, 0.1) is 52.8 Å². The number of carbonyl (C=O) groups excluding carboxylic acids is 3. The molecule has 0 atom stereocenters. The SMILES string of the molecule is CC(C)NC(=O)Nc1ccc(-c2c(C#N)c3ccc(-c4ccccn4)cc3n2C2CCC2)cc1.CC(C)OC(=O)Nc1ccc(-c2c(C#N)c3ccc(Oc4ncccn4)cc3n2CC2CC2)cc1.Cc1cc(-c2c(C#N)c3ccc(Oc4ncccn4)cc3n2CC2CC2)ccc1NC(=O)OC(C)C. The molecule has 0 radical (unpaired) electrons. The Morgan fingerprint density at radius 3 is 1.43 bits per heavy atom. The number of pyridine rings is 1. The molecule has 4 N–H and O–H groups in total. The average Bonchev–Trinajstić information content (AvgIpc) is 1.61. The molecular weight excluding hydrogens is 1320 g/mol. The van der Waals surface area contributed by atoms with Crippen molar-refractivity contribution >= 4 is 68.0 Å². The zero-order valence-corrected chi connectivity index (χ0v) is 59.4. The summed E-state index contributed by atoms with van der Waals surface area (Å²) in [6.45, 7) is 14.6. The van der Waals surface area contributed by atoms with E-state index in [2.05, 4.69) is 84.2 Å². The number of urea groups is 1. The van der Waals surface area contributed by atoms with Gasteiger partial charge in [-0.25, -0.2) is 34.3 Å². The lowest BCUT2D eigenvalue weighted by Gasteiger charge is -2.30. The normalized spacial score (nSPS) is 13.1. The molecule has 22 nitrogen and oxygen atoms in total. The molecule has 0 aliphatic heterocycles. The van der Waals surface area contributed by atoms with Crippen molar-refractivity contribution in [1.29, 1.82) is 15.8 Å². The lowest BCUT2D eigenvalue weighted by molar-refractivity contribution is 0.129. The van der Waals surface area contributed by atoms with Crippen molar-refractivity contribution in [3.63, 3.8) is 0 Å². The van der Waals surface area contributed by atoms with Crippen molar-refractivity contribution in [2.75, 3.05) is 16.0 Å². The average molecular weight is 1400 g/mol. The van der Waals surface area contributed by atoms with E-state index in [-0.39, 0.29) is 36.3 Å². The third kappa shape index (κ3) is 16.6. The minimum atomic E-state index is -0.497. The monoisotopic (exact) mass is 1400 g/mol. The fourth-order valence-corrected chi connectivity index (χ4v) is 12.9. The van der Waals surface area contributed by atoms with E-state index in [9.17, 15) is 30.2 Å². The van der Waals surface area contributed by atoms with Crippen LogP contribution in [0.2, 0.25) is 0 Å². The second-order valence-corrected chi connectivity index (χ2v) is 27.2. The molecule has 15 rings (SSSR count). The molecule has 4 amide bonds. The van der Waals surface area contributed by atoms with Gasteiger partial charge in [-0.2, -0.15) is 15.8 Å². The van der Waals surface area contributed by atoms with Crippen LogP contribution >= 0.6 is 0 Å². The van der Waals surface area contributed by atoms with Crippen molar-refractivity contribution < 1.29 is 33.3 Å². The molecule has 3 aliphatic carbocycles. The van der Waals surface area contributed by atoms with Gasteiger partial charge >= 0.3 is 30.2 Å². The first-order valence-corrected chi connectivity index (χ1v) is 35.4. The van der Waals surface area contributed by atoms with E-state index in [1.807, 2.05) is 154 Å². The van der Waals surface area contributed by atoms with Gasteiger partial charge in [0, 0.05) is 107 Å². The number of nitriles is 3. The topological polar surface area (TPSA) is 287 Å². The van der Waals surface area contributed by atoms with Gasteiger partial charge in [-0.1, -0.05) is 48.5 Å². The summed E-state index contributed by atoms with van der Waals surface area (Å²) in [5, 5.41) is 44.4. The third-order valence-electron chi connectivity index (χ3n) is 18.3. The molecule has 22 heteroatoms. The van der Waals surface area contributed by atoms with Crippen molar-refractivity contribution in [1.82, 2.24) is 43.9 Å². The number of benzene rings is 6. The van der Waals surface area contributed by atoms with Crippen molar-refractivity contribution in [2.24, 2.45) is 11.8 Å². The van der Waals surface area contributed by atoms with Gasteiger partial charge in [0.05, 0.1) is 68.2 Å². The minimum absolute atomic E-state index is 0.0617. The number of rotatable bonds is 19. The second kappa shape index (κ2) is 31.6. The molecule has 105 heavy (non-hydrogen) atoms. The Balaban J connectivity index is 0.000000140. The van der Waals surface area contributed by atoms with Crippen LogP contribution in [-0.2, 0) is 22.6 Å². The molecule has 3 fully saturated rings. The van der Waals surface area contributed by atoms with Crippen LogP contribution < -0.4 is 30.7 Å². The summed E-state index contributed by atoms with van der Waals surface area (Å²) in [5.74, 6) is 2.39. The van der Waals surface area contributed by atoms with E-state index in [0.717, 1.165) is 109 Å². The number of fused-ring (bicyclic) bond motifs is 3. The van der Waals surface area contributed by atoms with Crippen molar-refractivity contribution in [3.8, 4) is 86.8 Å². The van der Waals surface area contributed by atoms with Gasteiger partial charge in [-0.3, -0.25) is 15.6 Å². The van der Waals surface area contributed by atoms with E-state index in [1.54, 1.807) is 70.8 Å². The van der Waals surface area contributed by atoms with Gasteiger partial charge in [0.1, 0.15) is 29.7 Å². The molecule has 6 heterocycles. The second-order valence-electron chi connectivity index (χ2n) is 27.2. The van der Waals surface area contributed by atoms with Crippen LogP contribution in [0.3, 0.4) is 0 Å². The molecule has 0 saturated heterocycles. The van der Waals surface area contributed by atoms with Crippen LogP contribution in [0.1, 0.15) is 115 Å². The number of nitrogens with zero attached hydrogens (tertiary/aromatic N) is 11. The van der Waals surface area contributed by atoms with Gasteiger partial charge in [0.15, 0.2) is 0 Å². The van der Waals surface area contributed by atoms with Gasteiger partial charge in [0.25, 0.3) is 0 Å². The number of nitrogens with one attached hydrogen (secondary N) is 4. The molecule has 0 bridgehead atoms. The highest BCUT2D eigenvalue weighted by Crippen LogP contribution is 2.46. The largest absolute Gasteiger partial charge is 0.447 e. The maximum Gasteiger partial charge on any atom is 0.411 e. The van der Waals surface area contributed by atoms with Crippen LogP contribution in [0.25, 0.3) is 77.7 Å². The summed E-state index contributed by atoms with van der Waals surface area (Å²) in [5.41, 5.74) is 15.1. The number of hydrogen-bond acceptors (Lipinski definition) is 15. The number of aryl methyl sites for hydroxylation is 1. The van der Waals surface area contributed by atoms with Crippen molar-refractivity contribution in [3.05, 3.63) is 205 Å². The van der Waals surface area contributed by atoms with Crippen LogP contribution in [0.5, 0.6) is 23.5 Å². The summed E-state index contributed by atoms with van der Waals surface area (Å²) in [6.07, 6.45) is 15.0. The summed E-state index contributed by atoms with van der Waals surface area (Å²) in [7, 11) is 0. The Kier molecular flexibility index (Phi) is 21.2. The maximum absolute atomic E-state index is 12.1. The number of aromatic nitrogens is 8. The highest BCUT2D eigenvalue weighted by atomic mass is 16.6. The number of carbonyl (C=O) groups is 3. The van der Waals surface area contributed by atoms with E-state index in [1.165, 1.54) is 32.1 Å². The molecular formula is C83H79N15O7. The Bertz CT molecular complexity index is 5290. The molecule has 528 valence electrons. The lowest BCUT2D eigenvalue weighted by atomic mass is 9.92. The Morgan fingerprint density at radius 2 is 0.952 bits per heavy atom. The van der Waals surface area contributed by atoms with E-state index >= 15 is 0 Å². The van der Waals surface area contributed by atoms with Crippen LogP contribution in [0.15, 0.2) is 183 Å². The van der Waals surface area contributed by atoms with Gasteiger partial charge in [-0.15, -0.1) is 0 Å². The number of ether oxygens (including phenoxy) is 4. The summed E-state index contributed by atoms with van der Waals surface area (Å²) in [6, 6.07) is 56.1. The predicted molar refractivity (Wildman–Crippen MR) is 405 cm³/mol. The fraction of sp³-hybridized carbons (Fsp3) is 0.265. The van der Waals surface area contributed by atoms with Gasteiger partial charge < -0.3 is 43.3 Å². The van der Waals surface area contributed by atoms with Crippen LogP contribution in [-0.4, -0.2) is 75.1 Å². The summed E-state index contributed by atoms with van der Waals surface area (Å²) >= 11 is 0. The molecule has 6 aromatic heterocycles. The van der Waals surface area contributed by atoms with Gasteiger partial charge in [0.2, 0.25) is 0 Å². The Hall–Kier alpha value is -12.9. The number of amides is 4. The Labute approximate surface area is 608 Å². The number of anilines is 3. The minimum Gasteiger partial charge on any atom is -0.447 e. The van der Waals surface area contributed by atoms with E-state index in [4.69, 9.17) is 18.9 Å². The van der Waals surface area contributed by atoms with Gasteiger partial charge in [-0.05, 0) is 218 Å². The molecule has 3 aliphatic rings. The first-order valence-electron chi connectivity index (χ1n) is 35.4. The highest BCUT2D eigenvalue weighted by molar-refractivity contribution is 5.99. The third-order valence-corrected chi connectivity index (χ3v) is 18.3. The summed E-state index contributed by atoms with van der Waals surface area (Å²) in [4.78, 5) is 57.2. The smallest absolute Gasteiger partial charge is 0.411 e. The highest BCUT2D eigenvalue weighted by Gasteiger charge is 2.31. The Morgan fingerprint density at radius 1 is 0.486 bits per heavy atom. The van der Waals surface area contributed by atoms with E-state index in [0.29, 0.717) is 63.1 Å². The predicted octanol–water partition coefficient (Wildman–Crippen LogP) is 19.1. The molecule has 3 saturated carbocycles. The standard InChI is InChI=1S/C28H27N5O3.C28H27N5O.C27H25N5O3/c1-17(2)35-28(34)32-24-10-7-20(13-18(24)3)26-23(15-29)22-9-8-21(36-27-30-11-4-12-31-27)14-25(22)33(26)16-19-5-6-19;1-18(2)31-28(34)32-21-12-9-19(10-13-21)27-24(17-29)23-14-11-20(25-8-3-4-15-30-25)16-26(23)33(27)22-6-5-7-22;1-17(2)34-27(33)31-20-8-6-19(7-9-20)25-23(15-28)22-11-10-21(35-26-29-12-3-13-30-26)14-24(22)32(25)16-18-4-5-18/h4,7-14,17,19H,5-6,16H2,1-3H3,(H,32,34);3-4,8-16,18,22H,5-7H2,1-2H3,(H2,31,32,34);3,6-14,17-18H,4-5,16H2,1-2H3,(H,31,33). The molecule has 0 unspecified atom stereocenters. The molecule has 12 aromatic rings. The first kappa shape index (κ1) is 70.6. The maximum atomic E-state index is 12.1. The molecule has 6 aromatic carbocycles. The quantitative estimate of drug-likeness (QED) is 0.0585. The number of hydrogen-bond donors (Lipinski definition) is 4. The first-order chi connectivity index (χ1) is 51.0. The zero-order chi connectivity index (χ0) is 73.3. The van der Waals surface area contributed by atoms with E-state index < -0.39 is 12.2 Å². The fourth-order valence-electron chi connectivity index (χ4n) is 12.9. The molecule has 0 spiro atoms.